The van der Waals surface area contributed by atoms with Gasteiger partial charge < -0.3 is 5.11 Å². The van der Waals surface area contributed by atoms with Crippen molar-refractivity contribution in [3.8, 4) is 0 Å². The lowest BCUT2D eigenvalue weighted by atomic mass is 10.0. The zero-order valence-corrected chi connectivity index (χ0v) is 15.7. The van der Waals surface area contributed by atoms with E-state index in [2.05, 4.69) is 22.6 Å². The van der Waals surface area contributed by atoms with Gasteiger partial charge in [0, 0.05) is 6.61 Å². The molecule has 0 aromatic heterocycles. The predicted molar refractivity (Wildman–Crippen MR) is 99.8 cm³/mol. The van der Waals surface area contributed by atoms with Gasteiger partial charge in [-0.2, -0.15) is 0 Å². The van der Waals surface area contributed by atoms with Crippen LogP contribution in [0.15, 0.2) is 0 Å². The van der Waals surface area contributed by atoms with Crippen molar-refractivity contribution in [1.29, 1.82) is 0 Å². The lowest BCUT2D eigenvalue weighted by molar-refractivity contribution is 0.282. The minimum Gasteiger partial charge on any atom is -0.396 e. The topological polar surface area (TPSA) is 20.2 Å². The van der Waals surface area contributed by atoms with Crippen LogP contribution in [0.25, 0.3) is 0 Å². The van der Waals surface area contributed by atoms with Crippen LogP contribution in [-0.2, 0) is 0 Å². The monoisotopic (exact) mass is 396 g/mol. The van der Waals surface area contributed by atoms with E-state index in [-0.39, 0.29) is 0 Å². The van der Waals surface area contributed by atoms with Crippen LogP contribution in [0.2, 0.25) is 0 Å². The number of hydrogen-bond acceptors (Lipinski definition) is 1. The molecule has 0 aliphatic rings. The van der Waals surface area contributed by atoms with Crippen LogP contribution in [0.3, 0.4) is 0 Å². The molecule has 122 valence electrons. The summed E-state index contributed by atoms with van der Waals surface area (Å²) < 4.78 is 1.33. The van der Waals surface area contributed by atoms with E-state index in [9.17, 15) is 0 Å². The fraction of sp³-hybridized carbons (Fsp3) is 1.00. The van der Waals surface area contributed by atoms with Crippen LogP contribution >= 0.6 is 22.6 Å². The predicted octanol–water partition coefficient (Wildman–Crippen LogP) is 6.66. The highest BCUT2D eigenvalue weighted by molar-refractivity contribution is 14.1. The first-order valence-electron chi connectivity index (χ1n) is 9.08. The molecule has 0 unspecified atom stereocenters. The third-order valence-corrected chi connectivity index (χ3v) is 4.80. The number of hydrogen-bond donors (Lipinski definition) is 1. The fourth-order valence-electron chi connectivity index (χ4n) is 2.68. The number of rotatable bonds is 17. The van der Waals surface area contributed by atoms with Crippen molar-refractivity contribution in [1.82, 2.24) is 0 Å². The summed E-state index contributed by atoms with van der Waals surface area (Å²) in [5.41, 5.74) is 0. The van der Waals surface area contributed by atoms with E-state index in [4.69, 9.17) is 5.11 Å². The molecule has 0 amide bonds. The molecule has 20 heavy (non-hydrogen) atoms. The van der Waals surface area contributed by atoms with Gasteiger partial charge in [-0.3, -0.25) is 0 Å². The van der Waals surface area contributed by atoms with Gasteiger partial charge in [0.2, 0.25) is 0 Å². The van der Waals surface area contributed by atoms with Crippen molar-refractivity contribution in [2.45, 2.75) is 103 Å². The van der Waals surface area contributed by atoms with Gasteiger partial charge in [-0.15, -0.1) is 0 Å². The summed E-state index contributed by atoms with van der Waals surface area (Å²) >= 11 is 2.48. The molecule has 0 aromatic carbocycles. The van der Waals surface area contributed by atoms with Gasteiger partial charge >= 0.3 is 0 Å². The molecule has 0 saturated heterocycles. The summed E-state index contributed by atoms with van der Waals surface area (Å²) in [7, 11) is 0. The molecular weight excluding hydrogens is 359 g/mol. The second-order valence-electron chi connectivity index (χ2n) is 6.07. The van der Waals surface area contributed by atoms with Crippen LogP contribution in [-0.4, -0.2) is 16.1 Å². The summed E-state index contributed by atoms with van der Waals surface area (Å²) in [6.07, 6.45) is 22.3. The molecule has 1 N–H and O–H groups in total. The molecule has 0 fully saturated rings. The zero-order valence-electron chi connectivity index (χ0n) is 13.6. The highest BCUT2D eigenvalue weighted by Gasteiger charge is 1.94. The van der Waals surface area contributed by atoms with E-state index in [1.807, 2.05) is 0 Å². The maximum atomic E-state index is 8.68. The summed E-state index contributed by atoms with van der Waals surface area (Å²) in [5, 5.41) is 8.68. The lowest BCUT2D eigenvalue weighted by Crippen LogP contribution is -1.85. The zero-order chi connectivity index (χ0) is 14.7. The van der Waals surface area contributed by atoms with Gasteiger partial charge in [-0.05, 0) is 17.3 Å². The van der Waals surface area contributed by atoms with Crippen molar-refractivity contribution in [2.75, 3.05) is 11.0 Å². The third-order valence-electron chi connectivity index (χ3n) is 4.04. The Labute approximate surface area is 141 Å². The number of alkyl halides is 1. The Kier molecular flexibility index (Phi) is 20.4. The average molecular weight is 396 g/mol. The first-order chi connectivity index (χ1) is 9.91. The van der Waals surface area contributed by atoms with Crippen molar-refractivity contribution in [3.05, 3.63) is 0 Å². The first-order valence-corrected chi connectivity index (χ1v) is 10.6. The molecule has 0 heterocycles. The van der Waals surface area contributed by atoms with Gasteiger partial charge in [0.25, 0.3) is 0 Å². The third kappa shape index (κ3) is 18.7. The normalized spacial score (nSPS) is 11.1. The summed E-state index contributed by atoms with van der Waals surface area (Å²) in [4.78, 5) is 0. The molecule has 0 aliphatic heterocycles. The van der Waals surface area contributed by atoms with E-state index < -0.39 is 0 Å². The molecule has 0 saturated carbocycles. The quantitative estimate of drug-likeness (QED) is 0.166. The van der Waals surface area contributed by atoms with E-state index >= 15 is 0 Å². The van der Waals surface area contributed by atoms with Gasteiger partial charge in [0.15, 0.2) is 0 Å². The summed E-state index contributed by atoms with van der Waals surface area (Å²) in [6.45, 7) is 0.373. The Morgan fingerprint density at radius 3 is 0.900 bits per heavy atom. The number of aliphatic hydroxyl groups excluding tert-OH is 1. The van der Waals surface area contributed by atoms with Crippen molar-refractivity contribution in [3.63, 3.8) is 0 Å². The fourth-order valence-corrected chi connectivity index (χ4v) is 3.22. The highest BCUT2D eigenvalue weighted by atomic mass is 127. The van der Waals surface area contributed by atoms with Crippen LogP contribution in [0.5, 0.6) is 0 Å². The summed E-state index contributed by atoms with van der Waals surface area (Å²) in [6, 6.07) is 0. The lowest BCUT2D eigenvalue weighted by Gasteiger charge is -2.03. The van der Waals surface area contributed by atoms with Gasteiger partial charge in [0.1, 0.15) is 0 Å². The molecule has 0 rings (SSSR count). The number of unbranched alkanes of at least 4 members (excludes halogenated alkanes) is 15. The molecular formula is C18H37IO. The Bertz CT molecular complexity index is 143. The minimum atomic E-state index is 0.373. The standard InChI is InChI=1S/C18H37IO/c19-17-15-13-11-9-7-5-3-1-2-4-6-8-10-12-14-16-18-20/h20H,1-18H2. The maximum absolute atomic E-state index is 8.68. The molecule has 0 spiro atoms. The van der Waals surface area contributed by atoms with E-state index in [1.165, 1.54) is 101 Å². The maximum Gasteiger partial charge on any atom is 0.0431 e. The van der Waals surface area contributed by atoms with Gasteiger partial charge in [-0.1, -0.05) is 112 Å². The molecule has 1 nitrogen and oxygen atoms in total. The van der Waals surface area contributed by atoms with Crippen LogP contribution in [0.1, 0.15) is 103 Å². The van der Waals surface area contributed by atoms with Gasteiger partial charge in [-0.25, -0.2) is 0 Å². The largest absolute Gasteiger partial charge is 0.396 e. The number of halogens is 1. The Morgan fingerprint density at radius 1 is 0.400 bits per heavy atom. The van der Waals surface area contributed by atoms with Crippen molar-refractivity contribution < 1.29 is 5.11 Å². The molecule has 2 heteroatoms. The second-order valence-corrected chi connectivity index (χ2v) is 7.15. The van der Waals surface area contributed by atoms with Crippen molar-refractivity contribution in [2.24, 2.45) is 0 Å². The Morgan fingerprint density at radius 2 is 0.650 bits per heavy atom. The van der Waals surface area contributed by atoms with Crippen molar-refractivity contribution >= 4 is 22.6 Å². The Balaban J connectivity index is 2.89. The first kappa shape index (κ1) is 20.7. The smallest absolute Gasteiger partial charge is 0.0431 e. The minimum absolute atomic E-state index is 0.373. The second kappa shape index (κ2) is 19.7. The molecule has 0 radical (unpaired) electrons. The van der Waals surface area contributed by atoms with Crippen LogP contribution in [0, 0.1) is 0 Å². The highest BCUT2D eigenvalue weighted by Crippen LogP contribution is 2.13. The van der Waals surface area contributed by atoms with Gasteiger partial charge in [0.05, 0.1) is 0 Å². The summed E-state index contributed by atoms with van der Waals surface area (Å²) in [5.74, 6) is 0. The SMILES string of the molecule is OCCCCCCCCCCCCCCCCCCI. The van der Waals surface area contributed by atoms with E-state index in [1.54, 1.807) is 0 Å². The Hall–Kier alpha value is 0.690. The van der Waals surface area contributed by atoms with E-state index in [0.717, 1.165) is 6.42 Å². The average Bonchev–Trinajstić information content (AvgIpc) is 2.47. The molecule has 0 bridgehead atoms. The molecule has 0 aliphatic carbocycles. The van der Waals surface area contributed by atoms with Crippen LogP contribution < -0.4 is 0 Å². The van der Waals surface area contributed by atoms with Crippen LogP contribution in [0.4, 0.5) is 0 Å². The molecule has 0 atom stereocenters. The molecule has 0 aromatic rings. The van der Waals surface area contributed by atoms with E-state index in [0.29, 0.717) is 6.61 Å². The number of aliphatic hydroxyl groups is 1.